The molecule has 0 bridgehead atoms. The van der Waals surface area contributed by atoms with Gasteiger partial charge in [-0.25, -0.2) is 0 Å². The Morgan fingerprint density at radius 1 is 0.408 bits per heavy atom. The summed E-state index contributed by atoms with van der Waals surface area (Å²) in [6.45, 7) is 6.70. The third-order valence-electron chi connectivity index (χ3n) is 10.6. The second kappa shape index (κ2) is 11.8. The maximum absolute atomic E-state index is 2.33. The van der Waals surface area contributed by atoms with Crippen LogP contribution in [0.4, 0.5) is 0 Å². The molecule has 0 fully saturated rings. The lowest BCUT2D eigenvalue weighted by Gasteiger charge is -2.15. The fraction of sp³-hybridized carbons (Fsp3) is 0.102. The van der Waals surface area contributed by atoms with Crippen LogP contribution in [0.3, 0.4) is 0 Å². The first-order valence-corrected chi connectivity index (χ1v) is 17.6. The average molecular weight is 627 g/mol. The van der Waals surface area contributed by atoms with Gasteiger partial charge in [-0.2, -0.15) is 0 Å². The third kappa shape index (κ3) is 4.66. The fourth-order valence-electron chi connectivity index (χ4n) is 8.49. The van der Waals surface area contributed by atoms with Gasteiger partial charge in [-0.05, 0) is 120 Å². The molecule has 0 aliphatic heterocycles. The molecule has 0 saturated heterocycles. The Bertz CT molecular complexity index is 2550. The highest BCUT2D eigenvalue weighted by molar-refractivity contribution is 6.19. The van der Waals surface area contributed by atoms with Gasteiger partial charge in [-0.3, -0.25) is 0 Å². The van der Waals surface area contributed by atoms with Crippen molar-refractivity contribution >= 4 is 21.5 Å². The molecule has 0 atom stereocenters. The third-order valence-corrected chi connectivity index (χ3v) is 10.6. The topological polar surface area (TPSA) is 0 Å². The molecular formula is C49H38. The predicted molar refractivity (Wildman–Crippen MR) is 211 cm³/mol. The first-order valence-electron chi connectivity index (χ1n) is 17.6. The maximum atomic E-state index is 2.33. The molecule has 0 radical (unpaired) electrons. The van der Waals surface area contributed by atoms with Crippen LogP contribution in [0.2, 0.25) is 0 Å². The second-order valence-electron chi connectivity index (χ2n) is 13.6. The van der Waals surface area contributed by atoms with Crippen LogP contribution in [0.15, 0.2) is 152 Å². The van der Waals surface area contributed by atoms with Gasteiger partial charge in [-0.1, -0.05) is 171 Å². The summed E-state index contributed by atoms with van der Waals surface area (Å²) in [6.07, 6.45) is 2.30. The average Bonchev–Trinajstić information content (AvgIpc) is 3.65. The van der Waals surface area contributed by atoms with Crippen molar-refractivity contribution in [3.63, 3.8) is 0 Å². The van der Waals surface area contributed by atoms with Crippen LogP contribution >= 0.6 is 0 Å². The molecule has 0 heteroatoms. The number of benzene rings is 8. The van der Waals surface area contributed by atoms with Crippen LogP contribution in [-0.2, 0) is 6.42 Å². The lowest BCUT2D eigenvalue weighted by Crippen LogP contribution is -1.93. The van der Waals surface area contributed by atoms with Crippen molar-refractivity contribution in [2.24, 2.45) is 0 Å². The van der Waals surface area contributed by atoms with Crippen LogP contribution in [-0.4, -0.2) is 0 Å². The highest BCUT2D eigenvalue weighted by atomic mass is 14.3. The molecule has 49 heavy (non-hydrogen) atoms. The van der Waals surface area contributed by atoms with Gasteiger partial charge in [-0.15, -0.1) is 0 Å². The summed E-state index contributed by atoms with van der Waals surface area (Å²) in [7, 11) is 0. The van der Waals surface area contributed by atoms with E-state index in [1.165, 1.54) is 111 Å². The fourth-order valence-corrected chi connectivity index (χ4v) is 8.49. The van der Waals surface area contributed by atoms with Crippen molar-refractivity contribution < 1.29 is 0 Å². The zero-order valence-corrected chi connectivity index (χ0v) is 28.3. The molecule has 0 saturated carbocycles. The number of aryl methyl sites for hydroxylation is 2. The number of fused-ring (bicyclic) bond motifs is 6. The molecule has 0 N–H and O–H groups in total. The Kier molecular flexibility index (Phi) is 7.06. The van der Waals surface area contributed by atoms with Gasteiger partial charge in [0.1, 0.15) is 0 Å². The van der Waals surface area contributed by atoms with Crippen LogP contribution in [0.25, 0.3) is 88.3 Å². The highest BCUT2D eigenvalue weighted by Gasteiger charge is 2.25. The predicted octanol–water partition coefficient (Wildman–Crippen LogP) is 13.9. The molecule has 8 aromatic rings. The summed E-state index contributed by atoms with van der Waals surface area (Å²) in [6, 6.07) is 55.6. The van der Waals surface area contributed by atoms with E-state index in [2.05, 4.69) is 172 Å². The van der Waals surface area contributed by atoms with Crippen LogP contribution in [0, 0.1) is 13.8 Å². The number of hydrogen-bond donors (Lipinski definition) is 0. The number of hydrogen-bond acceptors (Lipinski definition) is 0. The first kappa shape index (κ1) is 29.4. The van der Waals surface area contributed by atoms with Crippen molar-refractivity contribution in [1.29, 1.82) is 0 Å². The van der Waals surface area contributed by atoms with E-state index in [4.69, 9.17) is 0 Å². The van der Waals surface area contributed by atoms with E-state index < -0.39 is 0 Å². The lowest BCUT2D eigenvalue weighted by atomic mass is 9.88. The summed E-state index contributed by atoms with van der Waals surface area (Å²) in [5.41, 5.74) is 20.5. The molecule has 0 heterocycles. The smallest absolute Gasteiger partial charge is 0.00201 e. The molecule has 0 unspecified atom stereocenters. The Labute approximate surface area is 289 Å². The summed E-state index contributed by atoms with van der Waals surface area (Å²) < 4.78 is 0. The van der Waals surface area contributed by atoms with E-state index in [0.29, 0.717) is 0 Å². The zero-order chi connectivity index (χ0) is 33.1. The van der Waals surface area contributed by atoms with Crippen molar-refractivity contribution in [3.8, 4) is 66.8 Å². The minimum atomic E-state index is 1.13. The Morgan fingerprint density at radius 2 is 0.980 bits per heavy atom. The van der Waals surface area contributed by atoms with E-state index >= 15 is 0 Å². The van der Waals surface area contributed by atoms with Crippen LogP contribution in [0.5, 0.6) is 0 Å². The van der Waals surface area contributed by atoms with Crippen LogP contribution < -0.4 is 0 Å². The minimum Gasteiger partial charge on any atom is -0.0651 e. The van der Waals surface area contributed by atoms with E-state index in [-0.39, 0.29) is 0 Å². The van der Waals surface area contributed by atoms with E-state index in [9.17, 15) is 0 Å². The highest BCUT2D eigenvalue weighted by Crippen LogP contribution is 2.51. The van der Waals surface area contributed by atoms with Crippen LogP contribution in [0.1, 0.15) is 30.0 Å². The van der Waals surface area contributed by atoms with Gasteiger partial charge in [0.25, 0.3) is 0 Å². The van der Waals surface area contributed by atoms with Gasteiger partial charge >= 0.3 is 0 Å². The van der Waals surface area contributed by atoms with E-state index in [1.54, 1.807) is 0 Å². The first-order chi connectivity index (χ1) is 24.1. The summed E-state index contributed by atoms with van der Waals surface area (Å²) in [4.78, 5) is 0. The monoisotopic (exact) mass is 626 g/mol. The van der Waals surface area contributed by atoms with Gasteiger partial charge in [0.15, 0.2) is 0 Å². The Balaban J connectivity index is 0.000000134. The summed E-state index contributed by atoms with van der Waals surface area (Å²) in [5.74, 6) is 0. The molecule has 8 aromatic carbocycles. The van der Waals surface area contributed by atoms with Gasteiger partial charge in [0.05, 0.1) is 0 Å². The molecule has 2 aliphatic rings. The SMILES string of the molecule is CCCc1ccccc1-c1ccc2c(c1C)-c1cccc3cccc-2c13.Cc1cccc(-c2ccc3c4c(cccc24)-c2ccccc2-3)c1. The zero-order valence-electron chi connectivity index (χ0n) is 28.3. The molecule has 2 aliphatic carbocycles. The quantitative estimate of drug-likeness (QED) is 0.182. The Morgan fingerprint density at radius 3 is 1.73 bits per heavy atom. The van der Waals surface area contributed by atoms with Crippen molar-refractivity contribution in [1.82, 2.24) is 0 Å². The molecular weight excluding hydrogens is 589 g/mol. The van der Waals surface area contributed by atoms with Crippen molar-refractivity contribution in [2.75, 3.05) is 0 Å². The normalized spacial score (nSPS) is 11.7. The second-order valence-corrected chi connectivity index (χ2v) is 13.6. The molecule has 0 aromatic heterocycles. The molecule has 234 valence electrons. The van der Waals surface area contributed by atoms with Crippen molar-refractivity contribution in [2.45, 2.75) is 33.6 Å². The summed E-state index contributed by atoms with van der Waals surface area (Å²) >= 11 is 0. The molecule has 0 nitrogen and oxygen atoms in total. The number of rotatable bonds is 4. The minimum absolute atomic E-state index is 1.13. The Hall–Kier alpha value is -5.72. The van der Waals surface area contributed by atoms with E-state index in [1.807, 2.05) is 0 Å². The molecule has 0 amide bonds. The van der Waals surface area contributed by atoms with E-state index in [0.717, 1.165) is 6.42 Å². The largest absolute Gasteiger partial charge is 0.0651 e. The van der Waals surface area contributed by atoms with Gasteiger partial charge in [0, 0.05) is 0 Å². The summed E-state index contributed by atoms with van der Waals surface area (Å²) in [5, 5.41) is 5.49. The maximum Gasteiger partial charge on any atom is -0.00201 e. The standard InChI is InChI=1S/C26H22.C23H16/c1-3-8-18-9-4-5-12-21(18)20-15-16-23-22-13-6-10-19-11-7-14-24(26(19)22)25(23)17(20)2;1-15-6-4-7-16(14-15)17-12-13-22-19-9-3-2-8-18(19)21-11-5-10-20(17)23(21)22/h4-7,9-16H,3,8H2,1-2H3;2-14H,1H3. The van der Waals surface area contributed by atoms with Gasteiger partial charge in [0.2, 0.25) is 0 Å². The van der Waals surface area contributed by atoms with Crippen molar-refractivity contribution in [3.05, 3.63) is 168 Å². The molecule has 10 rings (SSSR count). The molecule has 0 spiro atoms. The lowest BCUT2D eigenvalue weighted by molar-refractivity contribution is 0.923. The van der Waals surface area contributed by atoms with Gasteiger partial charge < -0.3 is 0 Å².